The van der Waals surface area contributed by atoms with Gasteiger partial charge in [0.15, 0.2) is 6.29 Å². The van der Waals surface area contributed by atoms with Gasteiger partial charge in [-0.15, -0.1) is 0 Å². The molecule has 0 fully saturated rings. The first kappa shape index (κ1) is 6.49. The molecule has 0 saturated carbocycles. The molecule has 2 rings (SSSR count). The van der Waals surface area contributed by atoms with Gasteiger partial charge in [0.1, 0.15) is 5.69 Å². The van der Waals surface area contributed by atoms with Crippen LogP contribution in [0.4, 0.5) is 0 Å². The molecule has 3 heteroatoms. The van der Waals surface area contributed by atoms with Gasteiger partial charge in [-0.1, -0.05) is 18.2 Å². The van der Waals surface area contributed by atoms with Crippen LogP contribution >= 0.6 is 11.5 Å². The van der Waals surface area contributed by atoms with E-state index in [9.17, 15) is 4.79 Å². The van der Waals surface area contributed by atoms with Crippen LogP contribution in [-0.4, -0.2) is 10.7 Å². The quantitative estimate of drug-likeness (QED) is 0.602. The number of hydrogen-bond donors (Lipinski definition) is 0. The highest BCUT2D eigenvalue weighted by atomic mass is 32.1. The second-order valence-corrected chi connectivity index (χ2v) is 2.99. The van der Waals surface area contributed by atoms with Crippen molar-refractivity contribution in [3.8, 4) is 0 Å². The van der Waals surface area contributed by atoms with Crippen molar-refractivity contribution in [1.82, 2.24) is 4.37 Å². The molecule has 0 atom stereocenters. The topological polar surface area (TPSA) is 30.0 Å². The van der Waals surface area contributed by atoms with Gasteiger partial charge in [0.25, 0.3) is 0 Å². The molecule has 0 radical (unpaired) electrons. The van der Waals surface area contributed by atoms with Crippen molar-refractivity contribution in [3.05, 3.63) is 30.0 Å². The molecule has 0 spiro atoms. The second kappa shape index (κ2) is 2.43. The van der Waals surface area contributed by atoms with Crippen LogP contribution in [-0.2, 0) is 0 Å². The molecular weight excluding hydrogens is 158 g/mol. The van der Waals surface area contributed by atoms with Gasteiger partial charge in [-0.05, 0) is 17.6 Å². The first-order valence-electron chi connectivity index (χ1n) is 3.21. The minimum absolute atomic E-state index is 0.547. The van der Waals surface area contributed by atoms with Crippen molar-refractivity contribution in [2.24, 2.45) is 0 Å². The summed E-state index contributed by atoms with van der Waals surface area (Å²) < 4.78 is 5.05. The zero-order chi connectivity index (χ0) is 7.68. The van der Waals surface area contributed by atoms with Gasteiger partial charge in [-0.2, -0.15) is 4.37 Å². The molecule has 11 heavy (non-hydrogen) atoms. The maximum Gasteiger partial charge on any atom is 0.170 e. The Hall–Kier alpha value is -1.22. The summed E-state index contributed by atoms with van der Waals surface area (Å²) >= 11 is 1.36. The Morgan fingerprint density at radius 1 is 1.36 bits per heavy atom. The Morgan fingerprint density at radius 2 is 2.18 bits per heavy atom. The monoisotopic (exact) mass is 163 g/mol. The molecule has 0 aliphatic carbocycles. The Morgan fingerprint density at radius 3 is 3.00 bits per heavy atom. The van der Waals surface area contributed by atoms with E-state index in [-0.39, 0.29) is 0 Å². The van der Waals surface area contributed by atoms with Gasteiger partial charge in [-0.3, -0.25) is 4.79 Å². The maximum absolute atomic E-state index is 10.4. The van der Waals surface area contributed by atoms with Gasteiger partial charge >= 0.3 is 0 Å². The number of carbonyl (C=O) groups excluding carboxylic acids is 1. The standard InChI is InChI=1S/C8H5NOS/c10-5-7-6-3-1-2-4-8(6)11-9-7/h1-5H. The first-order chi connectivity index (χ1) is 5.42. The number of aldehydes is 1. The van der Waals surface area contributed by atoms with Crippen molar-refractivity contribution in [3.63, 3.8) is 0 Å². The number of rotatable bonds is 1. The van der Waals surface area contributed by atoms with Crippen LogP contribution in [0.2, 0.25) is 0 Å². The van der Waals surface area contributed by atoms with E-state index >= 15 is 0 Å². The molecule has 1 heterocycles. The number of carbonyl (C=O) groups is 1. The summed E-state index contributed by atoms with van der Waals surface area (Å²) in [6.07, 6.45) is 0.791. The summed E-state index contributed by atoms with van der Waals surface area (Å²) in [5.41, 5.74) is 0.547. The largest absolute Gasteiger partial charge is 0.296 e. The molecule has 0 amide bonds. The van der Waals surface area contributed by atoms with Crippen LogP contribution in [0.3, 0.4) is 0 Å². The number of fused-ring (bicyclic) bond motifs is 1. The number of hydrogen-bond acceptors (Lipinski definition) is 3. The lowest BCUT2D eigenvalue weighted by molar-refractivity contribution is 0.112. The van der Waals surface area contributed by atoms with Crippen LogP contribution in [0, 0.1) is 0 Å². The number of benzene rings is 1. The van der Waals surface area contributed by atoms with Crippen molar-refractivity contribution < 1.29 is 4.79 Å². The fourth-order valence-electron chi connectivity index (χ4n) is 0.990. The fraction of sp³-hybridized carbons (Fsp3) is 0. The highest BCUT2D eigenvalue weighted by molar-refractivity contribution is 7.13. The van der Waals surface area contributed by atoms with Crippen molar-refractivity contribution in [2.75, 3.05) is 0 Å². The van der Waals surface area contributed by atoms with E-state index in [1.807, 2.05) is 24.3 Å². The number of nitrogens with zero attached hydrogens (tertiary/aromatic N) is 1. The van der Waals surface area contributed by atoms with Gasteiger partial charge in [0.05, 0.1) is 4.70 Å². The molecule has 1 aromatic heterocycles. The highest BCUT2D eigenvalue weighted by Crippen LogP contribution is 2.20. The van der Waals surface area contributed by atoms with Crippen molar-refractivity contribution in [1.29, 1.82) is 0 Å². The molecule has 0 N–H and O–H groups in total. The molecule has 2 aromatic rings. The number of aromatic nitrogens is 1. The third-order valence-electron chi connectivity index (χ3n) is 1.52. The summed E-state index contributed by atoms with van der Waals surface area (Å²) in [5, 5.41) is 0.951. The van der Waals surface area contributed by atoms with E-state index < -0.39 is 0 Å². The van der Waals surface area contributed by atoms with Crippen molar-refractivity contribution in [2.45, 2.75) is 0 Å². The first-order valence-corrected chi connectivity index (χ1v) is 3.99. The highest BCUT2D eigenvalue weighted by Gasteiger charge is 2.01. The van der Waals surface area contributed by atoms with Crippen LogP contribution in [0.15, 0.2) is 24.3 Å². The zero-order valence-electron chi connectivity index (χ0n) is 5.65. The third kappa shape index (κ3) is 0.935. The van der Waals surface area contributed by atoms with Gasteiger partial charge < -0.3 is 0 Å². The molecule has 2 nitrogen and oxygen atoms in total. The minimum atomic E-state index is 0.547. The molecule has 0 bridgehead atoms. The van der Waals surface area contributed by atoms with E-state index in [4.69, 9.17) is 0 Å². The summed E-state index contributed by atoms with van der Waals surface area (Å²) in [6, 6.07) is 7.71. The predicted octanol–water partition coefficient (Wildman–Crippen LogP) is 2.11. The normalized spacial score (nSPS) is 10.2. The van der Waals surface area contributed by atoms with Crippen LogP contribution in [0.5, 0.6) is 0 Å². The zero-order valence-corrected chi connectivity index (χ0v) is 6.47. The van der Waals surface area contributed by atoms with E-state index in [1.54, 1.807) is 0 Å². The molecule has 0 aliphatic heterocycles. The Bertz CT molecular complexity index is 394. The van der Waals surface area contributed by atoms with Crippen LogP contribution in [0.25, 0.3) is 10.1 Å². The summed E-state index contributed by atoms with van der Waals surface area (Å²) in [7, 11) is 0. The average Bonchev–Trinajstić information content (AvgIpc) is 2.47. The molecule has 0 saturated heterocycles. The summed E-state index contributed by atoms with van der Waals surface area (Å²) in [4.78, 5) is 10.4. The van der Waals surface area contributed by atoms with Gasteiger partial charge in [0.2, 0.25) is 0 Å². The van der Waals surface area contributed by atoms with E-state index in [2.05, 4.69) is 4.37 Å². The predicted molar refractivity (Wildman–Crippen MR) is 45.0 cm³/mol. The van der Waals surface area contributed by atoms with Gasteiger partial charge in [0, 0.05) is 5.39 Å². The molecule has 0 unspecified atom stereocenters. The molecule has 54 valence electrons. The third-order valence-corrected chi connectivity index (χ3v) is 2.36. The second-order valence-electron chi connectivity index (χ2n) is 2.18. The summed E-state index contributed by atoms with van der Waals surface area (Å²) in [6.45, 7) is 0. The Labute approximate surface area is 67.6 Å². The van der Waals surface area contributed by atoms with Crippen LogP contribution in [0.1, 0.15) is 10.5 Å². The van der Waals surface area contributed by atoms with E-state index in [1.165, 1.54) is 11.5 Å². The lowest BCUT2D eigenvalue weighted by Gasteiger charge is -1.84. The van der Waals surface area contributed by atoms with Gasteiger partial charge in [-0.25, -0.2) is 0 Å². The van der Waals surface area contributed by atoms with Crippen molar-refractivity contribution >= 4 is 27.9 Å². The fourth-order valence-corrected chi connectivity index (χ4v) is 1.74. The molecular formula is C8H5NOS. The molecule has 1 aromatic carbocycles. The van der Waals surface area contributed by atoms with Crippen LogP contribution < -0.4 is 0 Å². The minimum Gasteiger partial charge on any atom is -0.296 e. The smallest absolute Gasteiger partial charge is 0.170 e. The Kier molecular flexibility index (Phi) is 1.43. The average molecular weight is 163 g/mol. The lowest BCUT2D eigenvalue weighted by atomic mass is 10.2. The van der Waals surface area contributed by atoms with E-state index in [0.29, 0.717) is 5.69 Å². The van der Waals surface area contributed by atoms with E-state index in [0.717, 1.165) is 16.4 Å². The SMILES string of the molecule is O=Cc1nsc2ccccc12. The summed E-state index contributed by atoms with van der Waals surface area (Å²) in [5.74, 6) is 0. The molecule has 0 aliphatic rings. The Balaban J connectivity index is 2.86. The maximum atomic E-state index is 10.4. The lowest BCUT2D eigenvalue weighted by Crippen LogP contribution is -1.76.